The van der Waals surface area contributed by atoms with Crippen LogP contribution < -0.4 is 0 Å². The van der Waals surface area contributed by atoms with Crippen LogP contribution in [0.3, 0.4) is 0 Å². The van der Waals surface area contributed by atoms with E-state index in [1.165, 1.54) is 15.6 Å². The second-order valence-electron chi connectivity index (χ2n) is 3.10. The van der Waals surface area contributed by atoms with E-state index >= 15 is 0 Å². The average Bonchev–Trinajstić information content (AvgIpc) is 2.65. The van der Waals surface area contributed by atoms with Gasteiger partial charge in [0.05, 0.1) is 0 Å². The van der Waals surface area contributed by atoms with Crippen molar-refractivity contribution in [3.05, 3.63) is 41.3 Å². The Balaban J connectivity index is 2.25. The number of thiophene rings is 1. The molecule has 0 aliphatic carbocycles. The molecule has 0 amide bonds. The molecule has 0 bridgehead atoms. The van der Waals surface area contributed by atoms with Crippen LogP contribution in [-0.2, 0) is 0 Å². The van der Waals surface area contributed by atoms with E-state index < -0.39 is 0 Å². The minimum absolute atomic E-state index is 1.03. The molecule has 0 saturated heterocycles. The predicted octanol–water partition coefficient (Wildman–Crippen LogP) is 4.70. The van der Waals surface area contributed by atoms with E-state index in [0.29, 0.717) is 0 Å². The molecule has 1 heterocycles. The molecule has 0 radical (unpaired) electrons. The van der Waals surface area contributed by atoms with Gasteiger partial charge in [0.2, 0.25) is 0 Å². The van der Waals surface area contributed by atoms with Gasteiger partial charge in [-0.05, 0) is 34.9 Å². The third-order valence-electron chi connectivity index (χ3n) is 2.07. The molecule has 0 N–H and O–H groups in total. The molecule has 0 fully saturated rings. The summed E-state index contributed by atoms with van der Waals surface area (Å²) in [6, 6.07) is 8.75. The predicted molar refractivity (Wildman–Crippen MR) is 69.3 cm³/mol. The molecule has 14 heavy (non-hydrogen) atoms. The van der Waals surface area contributed by atoms with Gasteiger partial charge in [0.15, 0.2) is 0 Å². The Labute approximate surface area is 96.4 Å². The van der Waals surface area contributed by atoms with Crippen LogP contribution in [0.4, 0.5) is 0 Å². The summed E-state index contributed by atoms with van der Waals surface area (Å²) in [4.78, 5) is 0. The summed E-state index contributed by atoms with van der Waals surface area (Å²) in [6.45, 7) is 0. The summed E-state index contributed by atoms with van der Waals surface area (Å²) < 4.78 is 1.37. The number of alkyl halides is 1. The van der Waals surface area contributed by atoms with Crippen molar-refractivity contribution < 1.29 is 0 Å². The molecule has 2 heteroatoms. The highest BCUT2D eigenvalue weighted by atomic mass is 79.9. The lowest BCUT2D eigenvalue weighted by Crippen LogP contribution is -1.71. The number of benzene rings is 1. The normalized spacial score (nSPS) is 11.5. The van der Waals surface area contributed by atoms with Gasteiger partial charge in [-0.3, -0.25) is 0 Å². The lowest BCUT2D eigenvalue weighted by molar-refractivity contribution is 1.27. The molecular formula is C12H11BrS. The van der Waals surface area contributed by atoms with E-state index in [0.717, 1.165) is 11.8 Å². The van der Waals surface area contributed by atoms with Gasteiger partial charge in [-0.1, -0.05) is 40.2 Å². The van der Waals surface area contributed by atoms with Crippen LogP contribution in [0.15, 0.2) is 35.7 Å². The molecule has 0 aliphatic heterocycles. The maximum absolute atomic E-state index is 3.41. The second kappa shape index (κ2) is 4.76. The first-order chi connectivity index (χ1) is 6.90. The van der Waals surface area contributed by atoms with E-state index in [4.69, 9.17) is 0 Å². The van der Waals surface area contributed by atoms with E-state index in [2.05, 4.69) is 57.7 Å². The third-order valence-corrected chi connectivity index (χ3v) is 3.40. The summed E-state index contributed by atoms with van der Waals surface area (Å²) in [5.74, 6) is 0. The Morgan fingerprint density at radius 3 is 3.07 bits per heavy atom. The molecule has 0 aliphatic rings. The van der Waals surface area contributed by atoms with E-state index in [1.54, 1.807) is 11.3 Å². The van der Waals surface area contributed by atoms with Crippen molar-refractivity contribution in [2.24, 2.45) is 0 Å². The molecule has 1 aromatic carbocycles. The van der Waals surface area contributed by atoms with Gasteiger partial charge in [0.25, 0.3) is 0 Å². The summed E-state index contributed by atoms with van der Waals surface area (Å²) in [5, 5.41) is 4.51. The first kappa shape index (κ1) is 9.94. The van der Waals surface area contributed by atoms with E-state index in [1.807, 2.05) is 0 Å². The van der Waals surface area contributed by atoms with E-state index in [-0.39, 0.29) is 0 Å². The van der Waals surface area contributed by atoms with Crippen molar-refractivity contribution >= 4 is 43.4 Å². The van der Waals surface area contributed by atoms with Gasteiger partial charge in [-0.2, -0.15) is 0 Å². The van der Waals surface area contributed by atoms with Gasteiger partial charge in [-0.15, -0.1) is 11.3 Å². The first-order valence-corrected chi connectivity index (χ1v) is 6.60. The molecule has 0 unspecified atom stereocenters. The van der Waals surface area contributed by atoms with E-state index in [9.17, 15) is 0 Å². The Bertz CT molecular complexity index is 442. The first-order valence-electron chi connectivity index (χ1n) is 4.60. The minimum atomic E-state index is 1.03. The number of halogens is 1. The number of rotatable bonds is 3. The average molecular weight is 267 g/mol. The SMILES string of the molecule is BrCCC=Cc1ccc2ccsc2c1. The number of allylic oxidation sites excluding steroid dienone is 1. The monoisotopic (exact) mass is 266 g/mol. The highest BCUT2D eigenvalue weighted by Crippen LogP contribution is 2.22. The molecule has 1 aromatic heterocycles. The zero-order valence-corrected chi connectivity index (χ0v) is 10.1. The molecule has 0 nitrogen and oxygen atoms in total. The van der Waals surface area contributed by atoms with Gasteiger partial charge >= 0.3 is 0 Å². The molecule has 0 atom stereocenters. The molecule has 2 aromatic rings. The molecular weight excluding hydrogens is 256 g/mol. The summed E-state index contributed by atoms with van der Waals surface area (Å²) in [5.41, 5.74) is 1.29. The van der Waals surface area contributed by atoms with Gasteiger partial charge in [0.1, 0.15) is 0 Å². The standard InChI is InChI=1S/C12H11BrS/c13-7-2-1-3-10-4-5-11-6-8-14-12(11)9-10/h1,3-6,8-9H,2,7H2. The fourth-order valence-corrected chi connectivity index (χ4v) is 2.46. The molecule has 0 saturated carbocycles. The summed E-state index contributed by atoms with van der Waals surface area (Å²) >= 11 is 5.20. The number of hydrogen-bond donors (Lipinski definition) is 0. The molecule has 2 rings (SSSR count). The largest absolute Gasteiger partial charge is 0.144 e. The van der Waals surface area contributed by atoms with Crippen molar-refractivity contribution in [3.63, 3.8) is 0 Å². The Hall–Kier alpha value is -0.600. The zero-order valence-electron chi connectivity index (χ0n) is 7.74. The maximum atomic E-state index is 3.41. The van der Waals surface area contributed by atoms with Crippen LogP contribution in [0.5, 0.6) is 0 Å². The van der Waals surface area contributed by atoms with Crippen LogP contribution in [0.2, 0.25) is 0 Å². The third kappa shape index (κ3) is 2.25. The van der Waals surface area contributed by atoms with Crippen LogP contribution in [-0.4, -0.2) is 5.33 Å². The highest BCUT2D eigenvalue weighted by Gasteiger charge is 1.94. The van der Waals surface area contributed by atoms with Crippen LogP contribution in [0.25, 0.3) is 16.2 Å². The lowest BCUT2D eigenvalue weighted by Gasteiger charge is -1.93. The quantitative estimate of drug-likeness (QED) is 0.707. The molecule has 0 spiro atoms. The topological polar surface area (TPSA) is 0 Å². The van der Waals surface area contributed by atoms with Crippen molar-refractivity contribution in [1.29, 1.82) is 0 Å². The van der Waals surface area contributed by atoms with Crippen LogP contribution in [0.1, 0.15) is 12.0 Å². The van der Waals surface area contributed by atoms with Crippen molar-refractivity contribution in [3.8, 4) is 0 Å². The number of hydrogen-bond acceptors (Lipinski definition) is 1. The van der Waals surface area contributed by atoms with Crippen molar-refractivity contribution in [2.45, 2.75) is 6.42 Å². The Morgan fingerprint density at radius 2 is 2.21 bits per heavy atom. The smallest absolute Gasteiger partial charge is 0.0348 e. The van der Waals surface area contributed by atoms with Crippen LogP contribution >= 0.6 is 27.3 Å². The van der Waals surface area contributed by atoms with Gasteiger partial charge < -0.3 is 0 Å². The fourth-order valence-electron chi connectivity index (χ4n) is 1.36. The second-order valence-corrected chi connectivity index (χ2v) is 4.84. The molecule has 72 valence electrons. The van der Waals surface area contributed by atoms with Crippen molar-refractivity contribution in [2.75, 3.05) is 5.33 Å². The maximum Gasteiger partial charge on any atom is 0.0348 e. The summed E-state index contributed by atoms with van der Waals surface area (Å²) in [6.07, 6.45) is 5.46. The zero-order chi connectivity index (χ0) is 9.80. The Kier molecular flexibility index (Phi) is 3.38. The summed E-state index contributed by atoms with van der Waals surface area (Å²) in [7, 11) is 0. The van der Waals surface area contributed by atoms with Crippen molar-refractivity contribution in [1.82, 2.24) is 0 Å². The van der Waals surface area contributed by atoms with Gasteiger partial charge in [0, 0.05) is 10.0 Å². The fraction of sp³-hybridized carbons (Fsp3) is 0.167. The van der Waals surface area contributed by atoms with Crippen LogP contribution in [0, 0.1) is 0 Å². The number of fused-ring (bicyclic) bond motifs is 1. The lowest BCUT2D eigenvalue weighted by atomic mass is 10.1. The Morgan fingerprint density at radius 1 is 1.29 bits per heavy atom. The minimum Gasteiger partial charge on any atom is -0.144 e. The highest BCUT2D eigenvalue weighted by molar-refractivity contribution is 9.09. The van der Waals surface area contributed by atoms with Gasteiger partial charge in [-0.25, -0.2) is 0 Å².